The molecule has 1 N–H and O–H groups in total. The van der Waals surface area contributed by atoms with E-state index in [1.807, 2.05) is 43.0 Å². The second kappa shape index (κ2) is 13.8. The summed E-state index contributed by atoms with van der Waals surface area (Å²) in [6, 6.07) is 17.7. The maximum Gasteiger partial charge on any atom is 0.231 e. The van der Waals surface area contributed by atoms with Gasteiger partial charge < -0.3 is 5.11 Å². The Hall–Kier alpha value is -3.32. The van der Waals surface area contributed by atoms with Gasteiger partial charge in [0.1, 0.15) is 22.5 Å². The molecule has 1 saturated carbocycles. The summed E-state index contributed by atoms with van der Waals surface area (Å²) in [5.74, 6) is 0.411. The van der Waals surface area contributed by atoms with Crippen LogP contribution in [-0.4, -0.2) is 31.3 Å². The first-order chi connectivity index (χ1) is 20.4. The van der Waals surface area contributed by atoms with Crippen molar-refractivity contribution in [1.82, 2.24) is 15.0 Å². The van der Waals surface area contributed by atoms with Crippen LogP contribution in [0.2, 0.25) is 0 Å². The van der Waals surface area contributed by atoms with Crippen LogP contribution in [0.1, 0.15) is 89.2 Å². The molecule has 1 aromatic heterocycles. The van der Waals surface area contributed by atoms with Gasteiger partial charge in [-0.05, 0) is 81.0 Å². The maximum atomic E-state index is 13.9. The van der Waals surface area contributed by atoms with E-state index >= 15 is 0 Å². The predicted molar refractivity (Wildman–Crippen MR) is 174 cm³/mol. The van der Waals surface area contributed by atoms with Gasteiger partial charge in [-0.2, -0.15) is 0 Å². The number of aromatic nitrogens is 3. The summed E-state index contributed by atoms with van der Waals surface area (Å²) in [4.78, 5) is 18.4. The van der Waals surface area contributed by atoms with Gasteiger partial charge in [0.25, 0.3) is 0 Å². The minimum absolute atomic E-state index is 0.0326. The molecule has 222 valence electrons. The molecule has 1 fully saturated rings. The number of phenols is 1. The minimum Gasteiger partial charge on any atom is -0.506 e. The van der Waals surface area contributed by atoms with Crippen LogP contribution in [0.5, 0.6) is 5.75 Å². The van der Waals surface area contributed by atoms with Crippen LogP contribution in [0, 0.1) is 19.8 Å². The predicted octanol–water partition coefficient (Wildman–Crippen LogP) is 9.44. The van der Waals surface area contributed by atoms with E-state index in [1.54, 1.807) is 17.0 Å². The molecule has 1 atom stereocenters. The average Bonchev–Trinajstić information content (AvgIpc) is 3.40. The molecule has 1 aliphatic rings. The Balaban J connectivity index is 1.43. The first kappa shape index (κ1) is 30.1. The molecule has 1 heterocycles. The van der Waals surface area contributed by atoms with Crippen molar-refractivity contribution in [2.24, 2.45) is 5.92 Å². The summed E-state index contributed by atoms with van der Waals surface area (Å²) in [5, 5.41) is 21.3. The Morgan fingerprint density at radius 2 is 1.79 bits per heavy atom. The third-order valence-corrected chi connectivity index (χ3v) is 9.82. The van der Waals surface area contributed by atoms with Crippen molar-refractivity contribution in [3.05, 3.63) is 65.7 Å². The molecule has 6 nitrogen and oxygen atoms in total. The van der Waals surface area contributed by atoms with Gasteiger partial charge in [0.15, 0.2) is 0 Å². The zero-order valence-corrected chi connectivity index (χ0v) is 26.3. The van der Waals surface area contributed by atoms with Crippen molar-refractivity contribution in [2.75, 3.05) is 4.90 Å². The van der Waals surface area contributed by atoms with Gasteiger partial charge in [0, 0.05) is 22.6 Å². The van der Waals surface area contributed by atoms with Crippen molar-refractivity contribution in [3.8, 4) is 11.4 Å². The van der Waals surface area contributed by atoms with E-state index in [1.165, 1.54) is 41.8 Å². The Labute approximate surface area is 254 Å². The fraction of sp³-hybridized carbons (Fsp3) is 0.457. The molecule has 7 heteroatoms. The van der Waals surface area contributed by atoms with Crippen LogP contribution in [-0.2, 0) is 4.79 Å². The molecule has 42 heavy (non-hydrogen) atoms. The Morgan fingerprint density at radius 3 is 2.50 bits per heavy atom. The molecule has 5 rings (SSSR count). The summed E-state index contributed by atoms with van der Waals surface area (Å²) in [7, 11) is 0. The molecule has 4 aromatic rings. The fourth-order valence-corrected chi connectivity index (χ4v) is 7.31. The van der Waals surface area contributed by atoms with Gasteiger partial charge in [-0.1, -0.05) is 70.1 Å². The molecule has 0 saturated heterocycles. The van der Waals surface area contributed by atoms with Crippen molar-refractivity contribution >= 4 is 40.1 Å². The topological polar surface area (TPSA) is 71.2 Å². The van der Waals surface area contributed by atoms with Gasteiger partial charge in [0.05, 0.1) is 11.4 Å². The van der Waals surface area contributed by atoms with Crippen molar-refractivity contribution in [3.63, 3.8) is 0 Å². The third kappa shape index (κ3) is 7.00. The van der Waals surface area contributed by atoms with Crippen molar-refractivity contribution in [2.45, 2.75) is 102 Å². The highest BCUT2D eigenvalue weighted by molar-refractivity contribution is 8.00. The Kier molecular flexibility index (Phi) is 9.88. The quantitative estimate of drug-likeness (QED) is 0.190. The lowest BCUT2D eigenvalue weighted by atomic mass is 9.94. The summed E-state index contributed by atoms with van der Waals surface area (Å²) in [5.41, 5.74) is 5.73. The number of aromatic hydroxyl groups is 1. The normalized spacial score (nSPS) is 14.8. The number of hydrogen-bond acceptors (Lipinski definition) is 5. The number of anilines is 2. The molecular weight excluding hydrogens is 540 g/mol. The van der Waals surface area contributed by atoms with Gasteiger partial charge in [-0.3, -0.25) is 9.69 Å². The fourth-order valence-electron chi connectivity index (χ4n) is 6.03. The second-order valence-corrected chi connectivity index (χ2v) is 13.2. The number of nitrogens with zero attached hydrogens (tertiary/aromatic N) is 4. The smallest absolute Gasteiger partial charge is 0.231 e. The molecule has 1 amide bonds. The summed E-state index contributed by atoms with van der Waals surface area (Å²) in [6.07, 6.45) is 11.3. The van der Waals surface area contributed by atoms with E-state index in [-0.39, 0.29) is 11.7 Å². The highest BCUT2D eigenvalue weighted by atomic mass is 32.2. The second-order valence-electron chi connectivity index (χ2n) is 11.8. The van der Waals surface area contributed by atoms with Crippen molar-refractivity contribution in [1.29, 1.82) is 0 Å². The first-order valence-corrected chi connectivity index (χ1v) is 16.5. The number of fused-ring (bicyclic) bond motifs is 1. The number of phenolic OH excluding ortho intramolecular Hbond substituents is 1. The van der Waals surface area contributed by atoms with E-state index in [0.717, 1.165) is 53.5 Å². The largest absolute Gasteiger partial charge is 0.506 e. The standard InChI is InChI=1S/C35H44N4O2S/c1-5-7-11-26(6-2)21-35(41)38(32-18-14-24(3)20-25(32)4)27-15-19-33(34(40)22-27)39-36-30-17-16-29(23-31(30)37-39)42-28-12-9-8-10-13-28/h14-20,22-23,26,28,40H,5-13,21H2,1-4H3. The molecule has 1 aliphatic carbocycles. The minimum atomic E-state index is 0.0326. The first-order valence-electron chi connectivity index (χ1n) is 15.6. The molecular formula is C35H44N4O2S. The molecule has 0 bridgehead atoms. The Morgan fingerprint density at radius 1 is 1.00 bits per heavy atom. The summed E-state index contributed by atoms with van der Waals surface area (Å²) >= 11 is 1.94. The van der Waals surface area contributed by atoms with Crippen LogP contribution >= 0.6 is 11.8 Å². The molecule has 3 aromatic carbocycles. The molecule has 0 radical (unpaired) electrons. The number of amides is 1. The van der Waals surface area contributed by atoms with E-state index in [9.17, 15) is 9.90 Å². The van der Waals surface area contributed by atoms with E-state index in [0.29, 0.717) is 29.0 Å². The summed E-state index contributed by atoms with van der Waals surface area (Å²) in [6.45, 7) is 8.44. The van der Waals surface area contributed by atoms with Crippen molar-refractivity contribution < 1.29 is 9.90 Å². The molecule has 1 unspecified atom stereocenters. The number of carbonyl (C=O) groups excluding carboxylic acids is 1. The lowest BCUT2D eigenvalue weighted by Gasteiger charge is -2.27. The van der Waals surface area contributed by atoms with Crippen LogP contribution in [0.4, 0.5) is 11.4 Å². The monoisotopic (exact) mass is 584 g/mol. The number of hydrogen-bond donors (Lipinski definition) is 1. The molecule has 0 spiro atoms. The van der Waals surface area contributed by atoms with Gasteiger partial charge in [-0.15, -0.1) is 26.8 Å². The number of aryl methyl sites for hydroxylation is 2. The third-order valence-electron chi connectivity index (χ3n) is 8.49. The SMILES string of the molecule is CCCCC(CC)CC(=O)N(c1ccc(-n2nc3ccc(SC4CCCCC4)cc3n2)c(O)c1)c1ccc(C)cc1C. The van der Waals surface area contributed by atoms with Crippen LogP contribution in [0.15, 0.2) is 59.5 Å². The lowest BCUT2D eigenvalue weighted by molar-refractivity contribution is -0.118. The van der Waals surface area contributed by atoms with Crippen LogP contribution < -0.4 is 4.90 Å². The highest BCUT2D eigenvalue weighted by Crippen LogP contribution is 2.37. The van der Waals surface area contributed by atoms with Crippen LogP contribution in [0.3, 0.4) is 0 Å². The zero-order chi connectivity index (χ0) is 29.6. The summed E-state index contributed by atoms with van der Waals surface area (Å²) < 4.78 is 0. The zero-order valence-electron chi connectivity index (χ0n) is 25.5. The van der Waals surface area contributed by atoms with Gasteiger partial charge >= 0.3 is 0 Å². The van der Waals surface area contributed by atoms with Gasteiger partial charge in [-0.25, -0.2) is 0 Å². The van der Waals surface area contributed by atoms with E-state index in [2.05, 4.69) is 44.1 Å². The number of thioether (sulfide) groups is 1. The average molecular weight is 585 g/mol. The number of unbranched alkanes of at least 4 members (excludes halogenated alkanes) is 1. The molecule has 0 aliphatic heterocycles. The number of carbonyl (C=O) groups is 1. The number of benzene rings is 3. The highest BCUT2D eigenvalue weighted by Gasteiger charge is 2.24. The van der Waals surface area contributed by atoms with E-state index in [4.69, 9.17) is 5.10 Å². The number of rotatable bonds is 11. The van der Waals surface area contributed by atoms with E-state index < -0.39 is 0 Å². The lowest BCUT2D eigenvalue weighted by Crippen LogP contribution is -2.28. The maximum absolute atomic E-state index is 13.9. The Bertz CT molecular complexity index is 1520. The van der Waals surface area contributed by atoms with Gasteiger partial charge in [0.2, 0.25) is 5.91 Å². The van der Waals surface area contributed by atoms with Crippen LogP contribution in [0.25, 0.3) is 16.7 Å².